The Kier molecular flexibility index (Phi) is 5.26. The second-order valence-corrected chi connectivity index (χ2v) is 5.18. The van der Waals surface area contributed by atoms with Crippen LogP contribution in [-0.4, -0.2) is 65.6 Å². The van der Waals surface area contributed by atoms with E-state index < -0.39 is 0 Å². The van der Waals surface area contributed by atoms with Crippen LogP contribution in [0.2, 0.25) is 0 Å². The van der Waals surface area contributed by atoms with Gasteiger partial charge < -0.3 is 10.2 Å². The van der Waals surface area contributed by atoms with Gasteiger partial charge in [-0.05, 0) is 20.9 Å². The average molecular weight is 281 g/mol. The van der Waals surface area contributed by atoms with Crippen LogP contribution in [0.15, 0.2) is 0 Å². The van der Waals surface area contributed by atoms with Gasteiger partial charge in [0.1, 0.15) is 0 Å². The molecule has 0 radical (unpaired) electrons. The Morgan fingerprint density at radius 3 is 2.25 bits per heavy atom. The van der Waals surface area contributed by atoms with Crippen LogP contribution in [0.25, 0.3) is 0 Å². The third-order valence-corrected chi connectivity index (χ3v) is 3.09. The van der Waals surface area contributed by atoms with Crippen molar-refractivity contribution in [3.63, 3.8) is 0 Å². The van der Waals surface area contributed by atoms with Gasteiger partial charge in [-0.25, -0.2) is 0 Å². The molecule has 0 aliphatic heterocycles. The Morgan fingerprint density at radius 2 is 1.80 bits per heavy atom. The zero-order valence-electron chi connectivity index (χ0n) is 13.0. The fraction of sp³-hybridized carbons (Fsp3) is 0.615. The summed E-state index contributed by atoms with van der Waals surface area (Å²) >= 11 is 0. The summed E-state index contributed by atoms with van der Waals surface area (Å²) in [5.74, 6) is -0.188. The van der Waals surface area contributed by atoms with E-state index in [1.54, 1.807) is 30.7 Å². The normalized spacial score (nSPS) is 10.8. The predicted molar refractivity (Wildman–Crippen MR) is 77.5 cm³/mol. The zero-order chi connectivity index (χ0) is 15.4. The fourth-order valence-electron chi connectivity index (χ4n) is 1.81. The number of nitrogens with zero attached hydrogens (tertiary/aromatic N) is 4. The van der Waals surface area contributed by atoms with Gasteiger partial charge in [0.2, 0.25) is 11.8 Å². The lowest BCUT2D eigenvalue weighted by Crippen LogP contribution is -2.38. The van der Waals surface area contributed by atoms with Crippen LogP contribution in [0.3, 0.4) is 0 Å². The summed E-state index contributed by atoms with van der Waals surface area (Å²) in [6.07, 6.45) is 0. The van der Waals surface area contributed by atoms with Crippen molar-refractivity contribution >= 4 is 17.5 Å². The topological polar surface area (TPSA) is 70.5 Å². The first kappa shape index (κ1) is 16.2. The molecule has 0 saturated heterocycles. The minimum absolute atomic E-state index is 0.0333. The molecule has 1 N–H and O–H groups in total. The van der Waals surface area contributed by atoms with E-state index in [9.17, 15) is 9.59 Å². The summed E-state index contributed by atoms with van der Waals surface area (Å²) in [7, 11) is 6.96. The Bertz CT molecular complexity index is 507. The molecule has 0 unspecified atom stereocenters. The molecule has 1 aromatic heterocycles. The van der Waals surface area contributed by atoms with Crippen LogP contribution in [0.4, 0.5) is 5.69 Å². The van der Waals surface area contributed by atoms with Crippen molar-refractivity contribution in [2.45, 2.75) is 13.8 Å². The van der Waals surface area contributed by atoms with Crippen LogP contribution in [0, 0.1) is 13.8 Å². The van der Waals surface area contributed by atoms with Gasteiger partial charge in [0.25, 0.3) is 0 Å². The SMILES string of the molecule is Cc1nn(C)c(C)c1NC(=O)CN(C)CC(=O)N(C)C. The molecule has 2 amide bonds. The number of aryl methyl sites for hydroxylation is 2. The smallest absolute Gasteiger partial charge is 0.238 e. The molecular formula is C13H23N5O2. The van der Waals surface area contributed by atoms with Crippen LogP contribution in [0.5, 0.6) is 0 Å². The largest absolute Gasteiger partial charge is 0.348 e. The van der Waals surface area contributed by atoms with Crippen molar-refractivity contribution in [3.05, 3.63) is 11.4 Å². The van der Waals surface area contributed by atoms with Gasteiger partial charge >= 0.3 is 0 Å². The van der Waals surface area contributed by atoms with Gasteiger partial charge in [0.05, 0.1) is 30.2 Å². The first-order valence-corrected chi connectivity index (χ1v) is 6.41. The number of hydrogen-bond donors (Lipinski definition) is 1. The molecule has 0 saturated carbocycles. The molecule has 0 bridgehead atoms. The number of rotatable bonds is 5. The van der Waals surface area contributed by atoms with Gasteiger partial charge in [-0.15, -0.1) is 0 Å². The number of aromatic nitrogens is 2. The molecule has 0 spiro atoms. The Balaban J connectivity index is 2.57. The van der Waals surface area contributed by atoms with Crippen molar-refractivity contribution in [2.24, 2.45) is 7.05 Å². The van der Waals surface area contributed by atoms with Gasteiger partial charge in [-0.1, -0.05) is 0 Å². The second-order valence-electron chi connectivity index (χ2n) is 5.18. The van der Waals surface area contributed by atoms with Gasteiger partial charge in [0.15, 0.2) is 0 Å². The molecule has 20 heavy (non-hydrogen) atoms. The van der Waals surface area contributed by atoms with E-state index in [1.807, 2.05) is 20.9 Å². The van der Waals surface area contributed by atoms with E-state index in [2.05, 4.69) is 10.4 Å². The second kappa shape index (κ2) is 6.51. The third kappa shape index (κ3) is 4.06. The number of anilines is 1. The lowest BCUT2D eigenvalue weighted by molar-refractivity contribution is -0.130. The van der Waals surface area contributed by atoms with Crippen molar-refractivity contribution in [1.29, 1.82) is 0 Å². The van der Waals surface area contributed by atoms with Gasteiger partial charge in [-0.3, -0.25) is 19.2 Å². The highest BCUT2D eigenvalue weighted by atomic mass is 16.2. The van der Waals surface area contributed by atoms with Crippen LogP contribution < -0.4 is 5.32 Å². The first-order chi connectivity index (χ1) is 9.22. The molecule has 112 valence electrons. The highest BCUT2D eigenvalue weighted by molar-refractivity contribution is 5.93. The molecule has 1 heterocycles. The Morgan fingerprint density at radius 1 is 1.20 bits per heavy atom. The summed E-state index contributed by atoms with van der Waals surface area (Å²) in [6.45, 7) is 4.12. The summed E-state index contributed by atoms with van der Waals surface area (Å²) in [5, 5.41) is 7.09. The quantitative estimate of drug-likeness (QED) is 0.824. The summed E-state index contributed by atoms with van der Waals surface area (Å²) in [6, 6.07) is 0. The zero-order valence-corrected chi connectivity index (χ0v) is 13.0. The third-order valence-electron chi connectivity index (χ3n) is 3.09. The van der Waals surface area contributed by atoms with Gasteiger partial charge in [0, 0.05) is 21.1 Å². The van der Waals surface area contributed by atoms with Crippen molar-refractivity contribution in [3.8, 4) is 0 Å². The van der Waals surface area contributed by atoms with Crippen molar-refractivity contribution in [2.75, 3.05) is 39.5 Å². The van der Waals surface area contributed by atoms with Crippen molar-refractivity contribution in [1.82, 2.24) is 19.6 Å². The molecule has 7 nitrogen and oxygen atoms in total. The first-order valence-electron chi connectivity index (χ1n) is 6.41. The molecule has 1 rings (SSSR count). The molecule has 0 atom stereocenters. The van der Waals surface area contributed by atoms with E-state index >= 15 is 0 Å². The fourth-order valence-corrected chi connectivity index (χ4v) is 1.81. The van der Waals surface area contributed by atoms with E-state index in [4.69, 9.17) is 0 Å². The maximum absolute atomic E-state index is 12.0. The maximum atomic E-state index is 12.0. The number of carbonyl (C=O) groups excluding carboxylic acids is 2. The molecule has 0 aromatic carbocycles. The minimum atomic E-state index is -0.154. The molecule has 7 heteroatoms. The highest BCUT2D eigenvalue weighted by Crippen LogP contribution is 2.17. The molecular weight excluding hydrogens is 258 g/mol. The number of amides is 2. The van der Waals surface area contributed by atoms with Crippen LogP contribution in [0.1, 0.15) is 11.4 Å². The lowest BCUT2D eigenvalue weighted by Gasteiger charge is -2.18. The van der Waals surface area contributed by atoms with Gasteiger partial charge in [-0.2, -0.15) is 5.10 Å². The Labute approximate surface area is 119 Å². The van der Waals surface area contributed by atoms with E-state index in [0.717, 1.165) is 17.1 Å². The summed E-state index contributed by atoms with van der Waals surface area (Å²) < 4.78 is 1.73. The lowest BCUT2D eigenvalue weighted by atomic mass is 10.3. The molecule has 0 aliphatic rings. The number of hydrogen-bond acceptors (Lipinski definition) is 4. The van der Waals surface area contributed by atoms with Crippen LogP contribution >= 0.6 is 0 Å². The molecule has 1 aromatic rings. The van der Waals surface area contributed by atoms with Crippen LogP contribution in [-0.2, 0) is 16.6 Å². The maximum Gasteiger partial charge on any atom is 0.238 e. The van der Waals surface area contributed by atoms with E-state index in [1.165, 1.54) is 4.90 Å². The average Bonchev–Trinajstić information content (AvgIpc) is 2.55. The number of likely N-dealkylation sites (N-methyl/N-ethyl adjacent to an activating group) is 2. The predicted octanol–water partition coefficient (Wildman–Crippen LogP) is -0.00456. The standard InChI is InChI=1S/C13H23N5O2/c1-9-13(10(2)18(6)15-9)14-11(19)7-17(5)8-12(20)16(3)4/h7-8H2,1-6H3,(H,14,19). The molecule has 0 aliphatic carbocycles. The monoisotopic (exact) mass is 281 g/mol. The number of carbonyl (C=O) groups is 2. The summed E-state index contributed by atoms with van der Waals surface area (Å²) in [4.78, 5) is 26.7. The number of nitrogens with one attached hydrogen (secondary N) is 1. The van der Waals surface area contributed by atoms with Crippen molar-refractivity contribution < 1.29 is 9.59 Å². The van der Waals surface area contributed by atoms with E-state index in [-0.39, 0.29) is 24.9 Å². The minimum Gasteiger partial charge on any atom is -0.348 e. The Hall–Kier alpha value is -1.89. The van der Waals surface area contributed by atoms with E-state index in [0.29, 0.717) is 0 Å². The molecule has 0 fully saturated rings. The highest BCUT2D eigenvalue weighted by Gasteiger charge is 2.15. The summed E-state index contributed by atoms with van der Waals surface area (Å²) in [5.41, 5.74) is 2.43.